The van der Waals surface area contributed by atoms with Crippen LogP contribution in [0.5, 0.6) is 0 Å². The molecule has 0 spiro atoms. The van der Waals surface area contributed by atoms with Crippen molar-refractivity contribution >= 4 is 5.91 Å². The molecule has 12 heavy (non-hydrogen) atoms. The van der Waals surface area contributed by atoms with E-state index in [-0.39, 0.29) is 5.91 Å². The minimum Gasteiger partial charge on any atom is -0.339 e. The minimum atomic E-state index is 0.0816. The average molecular weight is 167 g/mol. The molecule has 68 valence electrons. The van der Waals surface area contributed by atoms with Crippen molar-refractivity contribution in [3.8, 4) is 0 Å². The zero-order valence-electron chi connectivity index (χ0n) is 7.92. The Morgan fingerprint density at radius 2 is 2.33 bits per heavy atom. The first kappa shape index (κ1) is 9.30. The fraction of sp³-hybridized carbons (Fsp3) is 0.700. The molecule has 0 N–H and O–H groups in total. The van der Waals surface area contributed by atoms with Gasteiger partial charge in [0, 0.05) is 13.1 Å². The van der Waals surface area contributed by atoms with Crippen molar-refractivity contribution in [2.24, 2.45) is 11.8 Å². The highest BCUT2D eigenvalue weighted by Crippen LogP contribution is 2.23. The number of rotatable bonds is 2. The molecule has 0 bridgehead atoms. The van der Waals surface area contributed by atoms with Gasteiger partial charge in [-0.2, -0.15) is 0 Å². The summed E-state index contributed by atoms with van der Waals surface area (Å²) in [6, 6.07) is 0. The molecule has 2 heteroatoms. The molecule has 0 saturated carbocycles. The molecule has 0 aromatic heterocycles. The van der Waals surface area contributed by atoms with Gasteiger partial charge in [0.15, 0.2) is 0 Å². The van der Waals surface area contributed by atoms with Gasteiger partial charge < -0.3 is 4.90 Å². The van der Waals surface area contributed by atoms with Gasteiger partial charge >= 0.3 is 0 Å². The molecule has 0 radical (unpaired) electrons. The van der Waals surface area contributed by atoms with Crippen molar-refractivity contribution in [3.05, 3.63) is 12.7 Å². The maximum Gasteiger partial charge on any atom is 0.245 e. The Morgan fingerprint density at radius 1 is 1.67 bits per heavy atom. The third-order valence-electron chi connectivity index (χ3n) is 2.65. The van der Waals surface area contributed by atoms with Crippen LogP contribution in [0, 0.1) is 11.8 Å². The predicted octanol–water partition coefficient (Wildman–Crippen LogP) is 1.68. The smallest absolute Gasteiger partial charge is 0.245 e. The Labute approximate surface area is 74.2 Å². The van der Waals surface area contributed by atoms with Crippen LogP contribution in [-0.2, 0) is 4.79 Å². The van der Waals surface area contributed by atoms with Crippen LogP contribution in [0.3, 0.4) is 0 Å². The van der Waals surface area contributed by atoms with E-state index in [1.165, 1.54) is 6.08 Å². The summed E-state index contributed by atoms with van der Waals surface area (Å²) in [5.41, 5.74) is 0. The minimum absolute atomic E-state index is 0.0816. The molecule has 2 nitrogen and oxygen atoms in total. The van der Waals surface area contributed by atoms with Crippen molar-refractivity contribution in [1.82, 2.24) is 4.90 Å². The van der Waals surface area contributed by atoms with Crippen molar-refractivity contribution in [2.45, 2.75) is 20.3 Å². The lowest BCUT2D eigenvalue weighted by molar-refractivity contribution is -0.125. The monoisotopic (exact) mass is 167 g/mol. The molecule has 1 amide bonds. The maximum absolute atomic E-state index is 11.2. The van der Waals surface area contributed by atoms with Gasteiger partial charge in [0.1, 0.15) is 0 Å². The molecule has 0 aromatic carbocycles. The number of amides is 1. The Hall–Kier alpha value is -0.790. The zero-order chi connectivity index (χ0) is 9.14. The molecule has 1 atom stereocenters. The van der Waals surface area contributed by atoms with Gasteiger partial charge in [-0.15, -0.1) is 0 Å². The molecule has 1 fully saturated rings. The lowest BCUT2D eigenvalue weighted by Gasteiger charge is -2.16. The molecule has 1 saturated heterocycles. The summed E-state index contributed by atoms with van der Waals surface area (Å²) >= 11 is 0. The Morgan fingerprint density at radius 3 is 2.75 bits per heavy atom. The fourth-order valence-corrected chi connectivity index (χ4v) is 1.66. The lowest BCUT2D eigenvalue weighted by atomic mass is 9.95. The van der Waals surface area contributed by atoms with E-state index in [2.05, 4.69) is 20.4 Å². The molecule has 0 aliphatic carbocycles. The van der Waals surface area contributed by atoms with E-state index < -0.39 is 0 Å². The third-order valence-corrected chi connectivity index (χ3v) is 2.65. The summed E-state index contributed by atoms with van der Waals surface area (Å²) in [6.45, 7) is 9.74. The first-order valence-corrected chi connectivity index (χ1v) is 4.56. The van der Waals surface area contributed by atoms with Crippen LogP contribution in [-0.4, -0.2) is 23.9 Å². The molecule has 1 aliphatic rings. The molecular weight excluding hydrogens is 150 g/mol. The summed E-state index contributed by atoms with van der Waals surface area (Å²) < 4.78 is 0. The second kappa shape index (κ2) is 3.74. The van der Waals surface area contributed by atoms with Crippen LogP contribution in [0.2, 0.25) is 0 Å². The van der Waals surface area contributed by atoms with Gasteiger partial charge in [-0.25, -0.2) is 0 Å². The standard InChI is InChI=1S/C10H17NO/c1-4-10(12)11-6-5-9(7-11)8(2)3/h4,8-9H,1,5-7H2,2-3H3. The number of carbonyl (C=O) groups is 1. The van der Waals surface area contributed by atoms with Crippen molar-refractivity contribution < 1.29 is 4.79 Å². The normalized spacial score (nSPS) is 23.2. The number of likely N-dealkylation sites (tertiary alicyclic amines) is 1. The number of nitrogens with zero attached hydrogens (tertiary/aromatic N) is 1. The van der Waals surface area contributed by atoms with Crippen molar-refractivity contribution in [3.63, 3.8) is 0 Å². The number of hydrogen-bond acceptors (Lipinski definition) is 1. The van der Waals surface area contributed by atoms with Gasteiger partial charge in [-0.3, -0.25) is 4.79 Å². The van der Waals surface area contributed by atoms with Crippen LogP contribution in [0.25, 0.3) is 0 Å². The van der Waals surface area contributed by atoms with Crippen LogP contribution >= 0.6 is 0 Å². The number of carbonyl (C=O) groups excluding carboxylic acids is 1. The summed E-state index contributed by atoms with van der Waals surface area (Å²) in [5, 5.41) is 0. The van der Waals surface area contributed by atoms with E-state index in [1.54, 1.807) is 0 Å². The SMILES string of the molecule is C=CC(=O)N1CCC(C(C)C)C1. The van der Waals surface area contributed by atoms with E-state index in [0.717, 1.165) is 19.5 Å². The quantitative estimate of drug-likeness (QED) is 0.573. The highest BCUT2D eigenvalue weighted by molar-refractivity contribution is 5.87. The van der Waals surface area contributed by atoms with Gasteiger partial charge in [0.25, 0.3) is 0 Å². The van der Waals surface area contributed by atoms with Crippen LogP contribution < -0.4 is 0 Å². The summed E-state index contributed by atoms with van der Waals surface area (Å²) in [6.07, 6.45) is 2.56. The fourth-order valence-electron chi connectivity index (χ4n) is 1.66. The van der Waals surface area contributed by atoms with Gasteiger partial charge in [-0.05, 0) is 24.3 Å². The zero-order valence-corrected chi connectivity index (χ0v) is 7.92. The topological polar surface area (TPSA) is 20.3 Å². The molecule has 0 aromatic rings. The second-order valence-electron chi connectivity index (χ2n) is 3.78. The van der Waals surface area contributed by atoms with E-state index in [4.69, 9.17) is 0 Å². The van der Waals surface area contributed by atoms with Crippen LogP contribution in [0.1, 0.15) is 20.3 Å². The molecule has 1 heterocycles. The first-order chi connectivity index (χ1) is 5.65. The van der Waals surface area contributed by atoms with Crippen LogP contribution in [0.15, 0.2) is 12.7 Å². The Bertz CT molecular complexity index is 186. The van der Waals surface area contributed by atoms with E-state index >= 15 is 0 Å². The lowest BCUT2D eigenvalue weighted by Crippen LogP contribution is -2.27. The summed E-state index contributed by atoms with van der Waals surface area (Å²) in [7, 11) is 0. The van der Waals surface area contributed by atoms with E-state index in [9.17, 15) is 4.79 Å². The largest absolute Gasteiger partial charge is 0.339 e. The maximum atomic E-state index is 11.2. The van der Waals surface area contributed by atoms with Gasteiger partial charge in [-0.1, -0.05) is 20.4 Å². The summed E-state index contributed by atoms with van der Waals surface area (Å²) in [5.74, 6) is 1.46. The number of hydrogen-bond donors (Lipinski definition) is 0. The van der Waals surface area contributed by atoms with E-state index in [0.29, 0.717) is 11.8 Å². The predicted molar refractivity (Wildman–Crippen MR) is 49.7 cm³/mol. The van der Waals surface area contributed by atoms with E-state index in [1.807, 2.05) is 4.90 Å². The van der Waals surface area contributed by atoms with Gasteiger partial charge in [0.05, 0.1) is 0 Å². The average Bonchev–Trinajstić information content (AvgIpc) is 2.51. The van der Waals surface area contributed by atoms with Crippen molar-refractivity contribution in [1.29, 1.82) is 0 Å². The summed E-state index contributed by atoms with van der Waals surface area (Å²) in [4.78, 5) is 13.1. The Balaban J connectivity index is 2.45. The highest BCUT2D eigenvalue weighted by atomic mass is 16.2. The molecular formula is C10H17NO. The first-order valence-electron chi connectivity index (χ1n) is 4.56. The third kappa shape index (κ3) is 1.87. The molecule has 1 unspecified atom stereocenters. The molecule has 1 aliphatic heterocycles. The van der Waals surface area contributed by atoms with Gasteiger partial charge in [0.2, 0.25) is 5.91 Å². The van der Waals surface area contributed by atoms with Crippen LogP contribution in [0.4, 0.5) is 0 Å². The Kier molecular flexibility index (Phi) is 2.90. The molecule has 1 rings (SSSR count). The highest BCUT2D eigenvalue weighted by Gasteiger charge is 2.26. The second-order valence-corrected chi connectivity index (χ2v) is 3.78. The van der Waals surface area contributed by atoms with Crippen molar-refractivity contribution in [2.75, 3.05) is 13.1 Å².